The van der Waals surface area contributed by atoms with Crippen LogP contribution in [0.5, 0.6) is 17.2 Å². The van der Waals surface area contributed by atoms with Gasteiger partial charge >= 0.3 is 7.75 Å². The van der Waals surface area contributed by atoms with Gasteiger partial charge in [-0.15, -0.1) is 11.3 Å². The summed E-state index contributed by atoms with van der Waals surface area (Å²) in [6.45, 7) is 6.58. The Bertz CT molecular complexity index is 1200. The molecule has 35 heavy (non-hydrogen) atoms. The zero-order valence-electron chi connectivity index (χ0n) is 19.9. The van der Waals surface area contributed by atoms with E-state index in [0.717, 1.165) is 16.9 Å². The Balaban J connectivity index is 1.72. The maximum Gasteiger partial charge on any atom is 0.564 e. The number of rotatable bonds is 9. The zero-order valence-corrected chi connectivity index (χ0v) is 20.8. The smallest absolute Gasteiger partial charge is 0.497 e. The van der Waals surface area contributed by atoms with Gasteiger partial charge in [-0.2, -0.15) is 0 Å². The highest BCUT2D eigenvalue weighted by Gasteiger charge is 2.33. The third-order valence-corrected chi connectivity index (χ3v) is 6.86. The molecule has 1 aliphatic heterocycles. The number of nitrogens with zero attached hydrogens (tertiary/aromatic N) is 2. The Morgan fingerprint density at radius 2 is 1.51 bits per heavy atom. The second-order valence-corrected chi connectivity index (χ2v) is 9.69. The summed E-state index contributed by atoms with van der Waals surface area (Å²) >= 11 is 0. The fourth-order valence-corrected chi connectivity index (χ4v) is 5.17. The van der Waals surface area contributed by atoms with Crippen molar-refractivity contribution >= 4 is 13.6 Å². The number of hydrogen-bond donors (Lipinski definition) is 0. The van der Waals surface area contributed by atoms with Crippen molar-refractivity contribution in [1.82, 2.24) is 4.90 Å². The monoisotopic (exact) mass is 488 g/mol. The lowest BCUT2D eigenvalue weighted by Gasteiger charge is -2.35. The van der Waals surface area contributed by atoms with Crippen molar-refractivity contribution in [1.29, 1.82) is 0 Å². The molecule has 6 nitrogen and oxygen atoms in total. The van der Waals surface area contributed by atoms with Crippen molar-refractivity contribution in [3.05, 3.63) is 115 Å². The molecular weight excluding hydrogens is 459 g/mol. The SMILES string of the molecule is C=CC1C=C(C)C/C(=N\P(=O)(Oc2ccccc2)Oc2ccccc2)N1Cc1ccc(OC)cc1. The van der Waals surface area contributed by atoms with Gasteiger partial charge in [0.25, 0.3) is 0 Å². The third-order valence-electron chi connectivity index (χ3n) is 5.50. The molecule has 7 heteroatoms. The Hall–Kier alpha value is -3.76. The van der Waals surface area contributed by atoms with Crippen LogP contribution in [0.4, 0.5) is 0 Å². The fourth-order valence-electron chi connectivity index (χ4n) is 3.81. The molecule has 1 aliphatic rings. The average molecular weight is 489 g/mol. The van der Waals surface area contributed by atoms with Crippen molar-refractivity contribution in [2.75, 3.05) is 7.11 Å². The number of para-hydroxylation sites is 2. The molecule has 0 amide bonds. The number of ether oxygens (including phenoxy) is 1. The van der Waals surface area contributed by atoms with Gasteiger partial charge in [0.1, 0.15) is 23.1 Å². The van der Waals surface area contributed by atoms with Crippen LogP contribution in [0.25, 0.3) is 0 Å². The van der Waals surface area contributed by atoms with Gasteiger partial charge in [-0.05, 0) is 48.9 Å². The van der Waals surface area contributed by atoms with Gasteiger partial charge < -0.3 is 18.7 Å². The average Bonchev–Trinajstić information content (AvgIpc) is 2.86. The first-order valence-corrected chi connectivity index (χ1v) is 12.9. The highest BCUT2D eigenvalue weighted by Crippen LogP contribution is 2.51. The molecule has 1 heterocycles. The first-order valence-electron chi connectivity index (χ1n) is 11.4. The van der Waals surface area contributed by atoms with Crippen LogP contribution < -0.4 is 13.8 Å². The molecule has 180 valence electrons. The molecule has 0 bridgehead atoms. The Kier molecular flexibility index (Phi) is 7.74. The molecule has 1 atom stereocenters. The highest BCUT2D eigenvalue weighted by atomic mass is 31.2. The Labute approximate surface area is 206 Å². The molecule has 0 fully saturated rings. The summed E-state index contributed by atoms with van der Waals surface area (Å²) in [6, 6.07) is 25.6. The van der Waals surface area contributed by atoms with Crippen molar-refractivity contribution in [3.8, 4) is 17.2 Å². The molecular formula is C28H29N2O4P. The molecule has 0 spiro atoms. The maximum atomic E-state index is 14.1. The van der Waals surface area contributed by atoms with Crippen molar-refractivity contribution < 1.29 is 18.3 Å². The summed E-state index contributed by atoms with van der Waals surface area (Å²) in [5.41, 5.74) is 2.16. The predicted octanol–water partition coefficient (Wildman–Crippen LogP) is 7.07. The minimum Gasteiger partial charge on any atom is -0.497 e. The molecule has 1 unspecified atom stereocenters. The summed E-state index contributed by atoms with van der Waals surface area (Å²) in [6.07, 6.45) is 4.50. The topological polar surface area (TPSA) is 60.4 Å². The van der Waals surface area contributed by atoms with Gasteiger partial charge in [-0.3, -0.25) is 0 Å². The van der Waals surface area contributed by atoms with E-state index >= 15 is 0 Å². The quantitative estimate of drug-likeness (QED) is 0.238. The van der Waals surface area contributed by atoms with E-state index in [4.69, 9.17) is 13.8 Å². The molecule has 0 aromatic heterocycles. The summed E-state index contributed by atoms with van der Waals surface area (Å²) in [5, 5.41) is 0. The highest BCUT2D eigenvalue weighted by molar-refractivity contribution is 7.53. The molecule has 0 saturated carbocycles. The summed E-state index contributed by atoms with van der Waals surface area (Å²) < 4.78 is 35.8. The zero-order chi connectivity index (χ0) is 24.7. The second kappa shape index (κ2) is 11.1. The fraction of sp³-hybridized carbons (Fsp3) is 0.179. The third kappa shape index (κ3) is 6.43. The van der Waals surface area contributed by atoms with Crippen LogP contribution in [-0.4, -0.2) is 23.9 Å². The van der Waals surface area contributed by atoms with Crippen molar-refractivity contribution in [3.63, 3.8) is 0 Å². The van der Waals surface area contributed by atoms with E-state index in [9.17, 15) is 4.57 Å². The van der Waals surface area contributed by atoms with E-state index in [-0.39, 0.29) is 6.04 Å². The first kappa shape index (κ1) is 24.4. The minimum absolute atomic E-state index is 0.119. The normalized spacial score (nSPS) is 17.0. The van der Waals surface area contributed by atoms with Crippen molar-refractivity contribution in [2.24, 2.45) is 4.76 Å². The summed E-state index contributed by atoms with van der Waals surface area (Å²) in [5.74, 6) is 2.23. The number of benzene rings is 3. The van der Waals surface area contributed by atoms with Gasteiger partial charge in [-0.25, -0.2) is 4.57 Å². The predicted molar refractivity (Wildman–Crippen MR) is 140 cm³/mol. The van der Waals surface area contributed by atoms with Gasteiger partial charge in [0.05, 0.1) is 13.2 Å². The number of methoxy groups -OCH3 is 1. The first-order chi connectivity index (χ1) is 17.0. The molecule has 0 saturated heterocycles. The lowest BCUT2D eigenvalue weighted by Crippen LogP contribution is -2.40. The van der Waals surface area contributed by atoms with Crippen LogP contribution >= 0.6 is 7.75 Å². The van der Waals surface area contributed by atoms with E-state index in [1.165, 1.54) is 0 Å². The molecule has 0 N–H and O–H groups in total. The summed E-state index contributed by atoms with van der Waals surface area (Å²) in [7, 11) is -2.34. The van der Waals surface area contributed by atoms with E-state index in [1.807, 2.05) is 73.7 Å². The van der Waals surface area contributed by atoms with Crippen LogP contribution in [0.15, 0.2) is 114 Å². The minimum atomic E-state index is -3.99. The van der Waals surface area contributed by atoms with Crippen LogP contribution in [0, 0.1) is 0 Å². The van der Waals surface area contributed by atoms with E-state index in [1.54, 1.807) is 31.4 Å². The largest absolute Gasteiger partial charge is 0.564 e. The molecule has 4 rings (SSSR count). The lowest BCUT2D eigenvalue weighted by molar-refractivity contribution is 0.369. The van der Waals surface area contributed by atoms with E-state index in [0.29, 0.717) is 30.3 Å². The van der Waals surface area contributed by atoms with Gasteiger partial charge in [-0.1, -0.05) is 66.3 Å². The Morgan fingerprint density at radius 3 is 2.03 bits per heavy atom. The standard InChI is InChI=1S/C28H29N2O4P/c1-4-24-19-22(2)20-28(30(24)21-23-15-17-25(32-3)18-16-23)29-35(31,33-26-11-7-5-8-12-26)34-27-13-9-6-10-14-27/h4-19,24H,1,20-21H2,2-3H3/b29-28+. The molecule has 0 aliphatic carbocycles. The maximum absolute atomic E-state index is 14.1. The number of hydrogen-bond acceptors (Lipinski definition) is 4. The number of amidine groups is 1. The molecule has 0 radical (unpaired) electrons. The van der Waals surface area contributed by atoms with E-state index in [2.05, 4.69) is 22.3 Å². The van der Waals surface area contributed by atoms with E-state index < -0.39 is 7.75 Å². The van der Waals surface area contributed by atoms with Crippen molar-refractivity contribution in [2.45, 2.75) is 25.9 Å². The van der Waals surface area contributed by atoms with Gasteiger partial charge in [0, 0.05) is 13.0 Å². The van der Waals surface area contributed by atoms with Gasteiger partial charge in [0.15, 0.2) is 0 Å². The van der Waals surface area contributed by atoms with Crippen LogP contribution in [0.2, 0.25) is 0 Å². The van der Waals surface area contributed by atoms with Crippen LogP contribution in [0.3, 0.4) is 0 Å². The van der Waals surface area contributed by atoms with Crippen LogP contribution in [-0.2, 0) is 11.1 Å². The molecule has 3 aromatic rings. The summed E-state index contributed by atoms with van der Waals surface area (Å²) in [4.78, 5) is 2.07. The van der Waals surface area contributed by atoms with Crippen LogP contribution in [0.1, 0.15) is 18.9 Å². The van der Waals surface area contributed by atoms with Gasteiger partial charge in [0.2, 0.25) is 0 Å². The lowest BCUT2D eigenvalue weighted by atomic mass is 10.0. The Morgan fingerprint density at radius 1 is 0.943 bits per heavy atom. The second-order valence-electron chi connectivity index (χ2n) is 8.19. The molecule has 3 aromatic carbocycles.